The van der Waals surface area contributed by atoms with Crippen LogP contribution in [-0.4, -0.2) is 47.1 Å². The third-order valence-electron chi connectivity index (χ3n) is 1.69. The standard InChI is InChI=1S/C10H20N2O3/c1-5-12(7-9(14)15)6-8(13)11-10(2,3)4/h5-7H2,1-4H3,(H,11,13)(H,14,15). The monoisotopic (exact) mass is 216 g/mol. The van der Waals surface area contributed by atoms with Crippen molar-refractivity contribution in [1.29, 1.82) is 0 Å². The molecule has 0 atom stereocenters. The van der Waals surface area contributed by atoms with Crippen LogP contribution in [0, 0.1) is 0 Å². The summed E-state index contributed by atoms with van der Waals surface area (Å²) in [5, 5.41) is 11.4. The van der Waals surface area contributed by atoms with Crippen LogP contribution in [0.25, 0.3) is 0 Å². The SMILES string of the molecule is CCN(CC(=O)O)CC(=O)NC(C)(C)C. The minimum Gasteiger partial charge on any atom is -0.480 e. The van der Waals surface area contributed by atoms with E-state index in [1.807, 2.05) is 27.7 Å². The third kappa shape index (κ3) is 7.93. The number of nitrogens with zero attached hydrogens (tertiary/aromatic N) is 1. The van der Waals surface area contributed by atoms with E-state index in [4.69, 9.17) is 5.11 Å². The molecule has 0 aromatic rings. The molecule has 1 amide bonds. The number of hydrogen-bond acceptors (Lipinski definition) is 3. The third-order valence-corrected chi connectivity index (χ3v) is 1.69. The maximum Gasteiger partial charge on any atom is 0.317 e. The lowest BCUT2D eigenvalue weighted by molar-refractivity contribution is -0.138. The van der Waals surface area contributed by atoms with Crippen LogP contribution in [0.4, 0.5) is 0 Å². The Morgan fingerprint density at radius 2 is 1.80 bits per heavy atom. The highest BCUT2D eigenvalue weighted by molar-refractivity contribution is 5.79. The van der Waals surface area contributed by atoms with Crippen LogP contribution in [0.5, 0.6) is 0 Å². The van der Waals surface area contributed by atoms with Gasteiger partial charge in [-0.3, -0.25) is 14.5 Å². The molecule has 88 valence electrons. The quantitative estimate of drug-likeness (QED) is 0.694. The number of nitrogens with one attached hydrogen (secondary N) is 1. The lowest BCUT2D eigenvalue weighted by Crippen LogP contribution is -2.46. The van der Waals surface area contributed by atoms with Gasteiger partial charge in [-0.15, -0.1) is 0 Å². The Bertz CT molecular complexity index is 233. The molecule has 5 nitrogen and oxygen atoms in total. The van der Waals surface area contributed by atoms with Crippen molar-refractivity contribution in [3.8, 4) is 0 Å². The second kappa shape index (κ2) is 5.70. The molecule has 0 heterocycles. The van der Waals surface area contributed by atoms with Crippen LogP contribution in [0.1, 0.15) is 27.7 Å². The predicted molar refractivity (Wildman–Crippen MR) is 57.6 cm³/mol. The highest BCUT2D eigenvalue weighted by atomic mass is 16.4. The van der Waals surface area contributed by atoms with E-state index in [1.165, 1.54) is 0 Å². The number of carboxylic acids is 1. The fourth-order valence-electron chi connectivity index (χ4n) is 1.13. The molecule has 0 aromatic carbocycles. The van der Waals surface area contributed by atoms with E-state index in [0.717, 1.165) is 0 Å². The molecule has 0 saturated heterocycles. The Balaban J connectivity index is 4.07. The van der Waals surface area contributed by atoms with E-state index < -0.39 is 5.97 Å². The Morgan fingerprint density at radius 3 is 2.13 bits per heavy atom. The van der Waals surface area contributed by atoms with Crippen LogP contribution in [0.15, 0.2) is 0 Å². The summed E-state index contributed by atoms with van der Waals surface area (Å²) in [6.07, 6.45) is 0. The van der Waals surface area contributed by atoms with Crippen molar-refractivity contribution in [2.24, 2.45) is 0 Å². The van der Waals surface area contributed by atoms with E-state index in [1.54, 1.807) is 4.90 Å². The van der Waals surface area contributed by atoms with Crippen molar-refractivity contribution in [3.05, 3.63) is 0 Å². The number of carbonyl (C=O) groups excluding carboxylic acids is 1. The van der Waals surface area contributed by atoms with E-state index >= 15 is 0 Å². The minimum absolute atomic E-state index is 0.103. The summed E-state index contributed by atoms with van der Waals surface area (Å²) < 4.78 is 0. The van der Waals surface area contributed by atoms with Crippen molar-refractivity contribution in [2.45, 2.75) is 33.2 Å². The average Bonchev–Trinajstić information content (AvgIpc) is 1.98. The summed E-state index contributed by atoms with van der Waals surface area (Å²) in [7, 11) is 0. The molecule has 15 heavy (non-hydrogen) atoms. The summed E-state index contributed by atoms with van der Waals surface area (Å²) >= 11 is 0. The van der Waals surface area contributed by atoms with Crippen LogP contribution in [0.2, 0.25) is 0 Å². The number of hydrogen-bond donors (Lipinski definition) is 2. The molecule has 0 aromatic heterocycles. The fourth-order valence-corrected chi connectivity index (χ4v) is 1.13. The second-order valence-corrected chi connectivity index (χ2v) is 4.50. The molecule has 0 aliphatic carbocycles. The lowest BCUT2D eigenvalue weighted by atomic mass is 10.1. The van der Waals surface area contributed by atoms with Gasteiger partial charge in [0.15, 0.2) is 0 Å². The van der Waals surface area contributed by atoms with Gasteiger partial charge in [0, 0.05) is 5.54 Å². The zero-order valence-corrected chi connectivity index (χ0v) is 9.83. The Labute approximate surface area is 90.5 Å². The Hall–Kier alpha value is -1.10. The van der Waals surface area contributed by atoms with E-state index in [2.05, 4.69) is 5.32 Å². The number of likely N-dealkylation sites (N-methyl/N-ethyl adjacent to an activating group) is 1. The highest BCUT2D eigenvalue weighted by Crippen LogP contribution is 1.98. The summed E-state index contributed by atoms with van der Waals surface area (Å²) in [4.78, 5) is 23.5. The van der Waals surface area contributed by atoms with Gasteiger partial charge in [-0.1, -0.05) is 6.92 Å². The maximum absolute atomic E-state index is 11.5. The van der Waals surface area contributed by atoms with Crippen molar-refractivity contribution >= 4 is 11.9 Å². The molecule has 0 spiro atoms. The number of rotatable bonds is 5. The van der Waals surface area contributed by atoms with Crippen molar-refractivity contribution in [3.63, 3.8) is 0 Å². The van der Waals surface area contributed by atoms with Gasteiger partial charge in [-0.25, -0.2) is 0 Å². The normalized spacial score (nSPS) is 11.5. The van der Waals surface area contributed by atoms with Crippen molar-refractivity contribution in [1.82, 2.24) is 10.2 Å². The van der Waals surface area contributed by atoms with Gasteiger partial charge in [0.05, 0.1) is 13.1 Å². The zero-order valence-electron chi connectivity index (χ0n) is 9.83. The van der Waals surface area contributed by atoms with E-state index in [-0.39, 0.29) is 24.5 Å². The molecule has 0 aliphatic rings. The van der Waals surface area contributed by atoms with Crippen LogP contribution >= 0.6 is 0 Å². The summed E-state index contributed by atoms with van der Waals surface area (Å²) in [5.74, 6) is -1.06. The molecule has 0 bridgehead atoms. The maximum atomic E-state index is 11.5. The first-order valence-electron chi connectivity index (χ1n) is 4.99. The second-order valence-electron chi connectivity index (χ2n) is 4.50. The minimum atomic E-state index is -0.916. The number of amides is 1. The first kappa shape index (κ1) is 13.9. The predicted octanol–water partition coefficient (Wildman–Crippen LogP) is 0.308. The van der Waals surface area contributed by atoms with Crippen molar-refractivity contribution in [2.75, 3.05) is 19.6 Å². The van der Waals surface area contributed by atoms with Gasteiger partial charge in [-0.05, 0) is 27.3 Å². The summed E-state index contributed by atoms with van der Waals surface area (Å²) in [6, 6.07) is 0. The average molecular weight is 216 g/mol. The van der Waals surface area contributed by atoms with Crippen LogP contribution < -0.4 is 5.32 Å². The van der Waals surface area contributed by atoms with Crippen LogP contribution in [0.3, 0.4) is 0 Å². The van der Waals surface area contributed by atoms with Gasteiger partial charge < -0.3 is 10.4 Å². The molecular weight excluding hydrogens is 196 g/mol. The number of carboxylic acid groups (broad SMARTS) is 1. The topological polar surface area (TPSA) is 69.6 Å². The molecule has 0 aliphatic heterocycles. The molecule has 0 radical (unpaired) electrons. The molecule has 2 N–H and O–H groups in total. The largest absolute Gasteiger partial charge is 0.480 e. The zero-order chi connectivity index (χ0) is 12.1. The van der Waals surface area contributed by atoms with E-state index in [0.29, 0.717) is 6.54 Å². The summed E-state index contributed by atoms with van der Waals surface area (Å²) in [6.45, 7) is 8.06. The van der Waals surface area contributed by atoms with Crippen LogP contribution in [-0.2, 0) is 9.59 Å². The fraction of sp³-hybridized carbons (Fsp3) is 0.800. The molecule has 0 fully saturated rings. The summed E-state index contributed by atoms with van der Waals surface area (Å²) in [5.41, 5.74) is -0.278. The van der Waals surface area contributed by atoms with Crippen molar-refractivity contribution < 1.29 is 14.7 Å². The molecule has 0 saturated carbocycles. The first-order chi connectivity index (χ1) is 6.74. The highest BCUT2D eigenvalue weighted by Gasteiger charge is 2.17. The molecular formula is C10H20N2O3. The number of carbonyl (C=O) groups is 2. The van der Waals surface area contributed by atoms with Gasteiger partial charge in [0.25, 0.3) is 0 Å². The van der Waals surface area contributed by atoms with Gasteiger partial charge in [0.1, 0.15) is 0 Å². The van der Waals surface area contributed by atoms with E-state index in [9.17, 15) is 9.59 Å². The smallest absolute Gasteiger partial charge is 0.317 e. The molecule has 0 rings (SSSR count). The number of aliphatic carboxylic acids is 1. The van der Waals surface area contributed by atoms with Gasteiger partial charge in [0.2, 0.25) is 5.91 Å². The Morgan fingerprint density at radius 1 is 1.27 bits per heavy atom. The Kier molecular flexibility index (Phi) is 5.28. The molecule has 5 heteroatoms. The molecule has 0 unspecified atom stereocenters. The van der Waals surface area contributed by atoms with Gasteiger partial charge >= 0.3 is 5.97 Å². The van der Waals surface area contributed by atoms with Gasteiger partial charge in [-0.2, -0.15) is 0 Å². The first-order valence-corrected chi connectivity index (χ1v) is 4.99. The lowest BCUT2D eigenvalue weighted by Gasteiger charge is -2.23.